The van der Waals surface area contributed by atoms with Gasteiger partial charge in [0.25, 0.3) is 0 Å². The summed E-state index contributed by atoms with van der Waals surface area (Å²) in [6.07, 6.45) is 4.06. The van der Waals surface area contributed by atoms with E-state index in [0.29, 0.717) is 5.92 Å². The van der Waals surface area contributed by atoms with Crippen molar-refractivity contribution in [3.8, 4) is 0 Å². The minimum atomic E-state index is -0.0326. The Balaban J connectivity index is 0. The van der Waals surface area contributed by atoms with Gasteiger partial charge in [-0.25, -0.2) is 0 Å². The highest BCUT2D eigenvalue weighted by Crippen LogP contribution is 2.10. The molecule has 0 unspecified atom stereocenters. The Morgan fingerprint density at radius 2 is 1.37 bits per heavy atom. The predicted octanol–water partition coefficient (Wildman–Crippen LogP) is 5.77. The molecule has 0 saturated carbocycles. The van der Waals surface area contributed by atoms with Gasteiger partial charge >= 0.3 is 0 Å². The van der Waals surface area contributed by atoms with Gasteiger partial charge in [-0.05, 0) is 5.92 Å². The molecule has 1 aromatic rings. The maximum Gasteiger partial charge on any atom is 0.169 e. The molecule has 0 aliphatic carbocycles. The quantitative estimate of drug-likeness (QED) is 0.497. The Hall–Kier alpha value is -1.37. The number of carbonyl (C=O) groups excluding carboxylic acids is 1. The fourth-order valence-electron chi connectivity index (χ4n) is 1.34. The largest absolute Gasteiger partial charge is 0.294 e. The lowest BCUT2D eigenvalue weighted by molar-refractivity contribution is 0.0953. The van der Waals surface area contributed by atoms with Crippen LogP contribution < -0.4 is 0 Å². The zero-order valence-corrected chi connectivity index (χ0v) is 13.6. The Bertz CT molecular complexity index is 336. The second-order valence-corrected chi connectivity index (χ2v) is 4.15. The average Bonchev–Trinajstić information content (AvgIpc) is 2.49. The number of ketones is 1. The molecule has 0 N–H and O–H groups in total. The van der Waals surface area contributed by atoms with Gasteiger partial charge in [0.2, 0.25) is 0 Å². The monoisotopic (exact) mass is 262 g/mol. The maximum atomic E-state index is 11.9. The molecule has 0 saturated heterocycles. The molecule has 0 bridgehead atoms. The van der Waals surface area contributed by atoms with E-state index in [2.05, 4.69) is 19.9 Å². The number of allylic oxidation sites excluding steroid dienone is 2. The summed E-state index contributed by atoms with van der Waals surface area (Å²) in [5.41, 5.74) is 0.790. The summed E-state index contributed by atoms with van der Waals surface area (Å²) in [5, 5.41) is 0. The summed E-state index contributed by atoms with van der Waals surface area (Å²) in [6, 6.07) is 9.44. The normalized spacial score (nSPS) is 11.2. The minimum Gasteiger partial charge on any atom is -0.294 e. The van der Waals surface area contributed by atoms with E-state index in [9.17, 15) is 4.79 Å². The SMILES string of the molecule is CC.CC.CC(C)/C=C/[C@H](C)C(=O)c1ccccc1. The van der Waals surface area contributed by atoms with Crippen LogP contribution >= 0.6 is 0 Å². The van der Waals surface area contributed by atoms with Crippen molar-refractivity contribution in [3.05, 3.63) is 48.0 Å². The maximum absolute atomic E-state index is 11.9. The lowest BCUT2D eigenvalue weighted by atomic mass is 9.98. The number of rotatable bonds is 4. The van der Waals surface area contributed by atoms with Gasteiger partial charge in [-0.1, -0.05) is 91.0 Å². The van der Waals surface area contributed by atoms with Crippen molar-refractivity contribution in [1.82, 2.24) is 0 Å². The molecule has 108 valence electrons. The van der Waals surface area contributed by atoms with E-state index in [1.165, 1.54) is 0 Å². The van der Waals surface area contributed by atoms with Gasteiger partial charge in [-0.2, -0.15) is 0 Å². The second-order valence-electron chi connectivity index (χ2n) is 4.15. The van der Waals surface area contributed by atoms with E-state index in [0.717, 1.165) is 5.56 Å². The predicted molar refractivity (Wildman–Crippen MR) is 86.6 cm³/mol. The topological polar surface area (TPSA) is 17.1 Å². The van der Waals surface area contributed by atoms with Crippen LogP contribution in [0, 0.1) is 11.8 Å². The lowest BCUT2D eigenvalue weighted by Crippen LogP contribution is -2.08. The fraction of sp³-hybridized carbons (Fsp3) is 0.500. The van der Waals surface area contributed by atoms with Gasteiger partial charge in [-0.15, -0.1) is 0 Å². The lowest BCUT2D eigenvalue weighted by Gasteiger charge is -2.05. The minimum absolute atomic E-state index is 0.0326. The third-order valence-corrected chi connectivity index (χ3v) is 2.26. The first-order valence-electron chi connectivity index (χ1n) is 7.39. The first-order chi connectivity index (χ1) is 9.11. The molecule has 1 heteroatoms. The molecule has 0 spiro atoms. The van der Waals surface area contributed by atoms with Crippen molar-refractivity contribution < 1.29 is 4.79 Å². The first-order valence-corrected chi connectivity index (χ1v) is 7.39. The van der Waals surface area contributed by atoms with Crippen molar-refractivity contribution in [2.24, 2.45) is 11.8 Å². The van der Waals surface area contributed by atoms with E-state index >= 15 is 0 Å². The molecule has 0 aromatic heterocycles. The Labute approximate surface area is 119 Å². The Morgan fingerprint density at radius 3 is 1.79 bits per heavy atom. The second kappa shape index (κ2) is 13.1. The van der Waals surface area contributed by atoms with Gasteiger partial charge in [0.1, 0.15) is 0 Å². The van der Waals surface area contributed by atoms with E-state index in [1.807, 2.05) is 71.0 Å². The molecule has 1 rings (SSSR count). The number of hydrogen-bond donors (Lipinski definition) is 0. The fourth-order valence-corrected chi connectivity index (χ4v) is 1.34. The number of benzene rings is 1. The first kappa shape index (κ1) is 20.0. The molecule has 0 aliphatic rings. The Morgan fingerprint density at radius 1 is 0.895 bits per heavy atom. The third-order valence-electron chi connectivity index (χ3n) is 2.26. The van der Waals surface area contributed by atoms with Crippen molar-refractivity contribution >= 4 is 5.78 Å². The molecule has 1 atom stereocenters. The number of carbonyl (C=O) groups is 1. The van der Waals surface area contributed by atoms with Gasteiger partial charge in [0.05, 0.1) is 0 Å². The molecule has 0 radical (unpaired) electrons. The number of Topliss-reactive ketones (excluding diaryl/α,β-unsaturated/α-hetero) is 1. The summed E-state index contributed by atoms with van der Waals surface area (Å²) in [7, 11) is 0. The average molecular weight is 262 g/mol. The van der Waals surface area contributed by atoms with Crippen molar-refractivity contribution in [1.29, 1.82) is 0 Å². The van der Waals surface area contributed by atoms with Crippen LogP contribution in [-0.2, 0) is 0 Å². The molecule has 0 amide bonds. The third kappa shape index (κ3) is 9.24. The van der Waals surface area contributed by atoms with Gasteiger partial charge in [-0.3, -0.25) is 4.79 Å². The summed E-state index contributed by atoms with van der Waals surface area (Å²) in [5.74, 6) is 0.651. The molecule has 1 nitrogen and oxygen atoms in total. The van der Waals surface area contributed by atoms with Crippen molar-refractivity contribution in [3.63, 3.8) is 0 Å². The highest BCUT2D eigenvalue weighted by atomic mass is 16.1. The zero-order chi connectivity index (χ0) is 15.3. The van der Waals surface area contributed by atoms with Crippen LogP contribution in [0.15, 0.2) is 42.5 Å². The van der Waals surface area contributed by atoms with E-state index < -0.39 is 0 Å². The smallest absolute Gasteiger partial charge is 0.169 e. The zero-order valence-electron chi connectivity index (χ0n) is 13.6. The molecule has 19 heavy (non-hydrogen) atoms. The molecule has 0 fully saturated rings. The van der Waals surface area contributed by atoms with E-state index in [1.54, 1.807) is 0 Å². The summed E-state index contributed by atoms with van der Waals surface area (Å²) in [6.45, 7) is 14.2. The van der Waals surface area contributed by atoms with Gasteiger partial charge < -0.3 is 0 Å². The molecule has 1 aromatic carbocycles. The van der Waals surface area contributed by atoms with Crippen LogP contribution in [0.1, 0.15) is 58.8 Å². The van der Waals surface area contributed by atoms with E-state index in [4.69, 9.17) is 0 Å². The highest BCUT2D eigenvalue weighted by molar-refractivity contribution is 5.98. The van der Waals surface area contributed by atoms with E-state index in [-0.39, 0.29) is 11.7 Å². The number of hydrogen-bond acceptors (Lipinski definition) is 1. The van der Waals surface area contributed by atoms with Crippen molar-refractivity contribution in [2.75, 3.05) is 0 Å². The van der Waals surface area contributed by atoms with Crippen LogP contribution in [0.5, 0.6) is 0 Å². The molecular weight excluding hydrogens is 232 g/mol. The standard InChI is InChI=1S/C14H18O.2C2H6/c1-11(2)9-10-12(3)14(15)13-7-5-4-6-8-13;2*1-2/h4-12H,1-3H3;2*1-2H3/b10-9+;;/t12-;;/m0../s1. The molecular formula is C18H30O. The molecule has 0 heterocycles. The summed E-state index contributed by atoms with van der Waals surface area (Å²) in [4.78, 5) is 11.9. The van der Waals surface area contributed by atoms with Crippen molar-refractivity contribution in [2.45, 2.75) is 48.5 Å². The van der Waals surface area contributed by atoms with Crippen LogP contribution in [0.25, 0.3) is 0 Å². The van der Waals surface area contributed by atoms with Crippen LogP contribution in [0.3, 0.4) is 0 Å². The van der Waals surface area contributed by atoms with Gasteiger partial charge in [0.15, 0.2) is 5.78 Å². The van der Waals surface area contributed by atoms with Gasteiger partial charge in [0, 0.05) is 11.5 Å². The van der Waals surface area contributed by atoms with Crippen LogP contribution in [-0.4, -0.2) is 5.78 Å². The van der Waals surface area contributed by atoms with Crippen LogP contribution in [0.4, 0.5) is 0 Å². The van der Waals surface area contributed by atoms with Crippen LogP contribution in [0.2, 0.25) is 0 Å². The molecule has 0 aliphatic heterocycles. The Kier molecular flexibility index (Phi) is 13.7. The highest BCUT2D eigenvalue weighted by Gasteiger charge is 2.11. The summed E-state index contributed by atoms with van der Waals surface area (Å²) >= 11 is 0. The summed E-state index contributed by atoms with van der Waals surface area (Å²) < 4.78 is 0.